The summed E-state index contributed by atoms with van der Waals surface area (Å²) < 4.78 is 0. The number of aromatic amines is 1. The number of carboxylic acids is 1. The molecule has 0 amide bonds. The third kappa shape index (κ3) is 3.82. The molecule has 4 aromatic rings. The molecule has 0 aliphatic rings. The van der Waals surface area contributed by atoms with Crippen LogP contribution in [0.4, 0.5) is 11.5 Å². The highest BCUT2D eigenvalue weighted by Gasteiger charge is 2.05. The molecule has 0 unspecified atom stereocenters. The van der Waals surface area contributed by atoms with Crippen molar-refractivity contribution in [3.8, 4) is 11.4 Å². The molecule has 0 aliphatic heterocycles. The van der Waals surface area contributed by atoms with Crippen LogP contribution in [0.5, 0.6) is 0 Å². The van der Waals surface area contributed by atoms with Crippen molar-refractivity contribution < 1.29 is 9.90 Å². The van der Waals surface area contributed by atoms with Crippen molar-refractivity contribution >= 4 is 34.5 Å². The highest BCUT2D eigenvalue weighted by molar-refractivity contribution is 5.85. The fraction of sp³-hybridized carbons (Fsp3) is 0. The van der Waals surface area contributed by atoms with Crippen LogP contribution in [-0.4, -0.2) is 31.2 Å². The number of nitrogens with zero attached hydrogens (tertiary/aromatic N) is 3. The zero-order chi connectivity index (χ0) is 18.6. The molecule has 4 rings (SSSR count). The SMILES string of the molecule is O=C(O)/C=C/c1cccc(-c2nccc(Nc3ccc4[nH]ncc4c3)n2)c1. The summed E-state index contributed by atoms with van der Waals surface area (Å²) in [6.07, 6.45) is 6.08. The number of carboxylic acid groups (broad SMARTS) is 1. The topological polar surface area (TPSA) is 104 Å². The molecule has 132 valence electrons. The van der Waals surface area contributed by atoms with Gasteiger partial charge in [0.15, 0.2) is 5.82 Å². The van der Waals surface area contributed by atoms with Crippen LogP contribution in [0.2, 0.25) is 0 Å². The summed E-state index contributed by atoms with van der Waals surface area (Å²) in [6.45, 7) is 0. The maximum absolute atomic E-state index is 10.7. The van der Waals surface area contributed by atoms with E-state index in [1.807, 2.05) is 42.5 Å². The highest BCUT2D eigenvalue weighted by Crippen LogP contribution is 2.22. The van der Waals surface area contributed by atoms with E-state index >= 15 is 0 Å². The molecule has 2 aromatic heterocycles. The average molecular weight is 357 g/mol. The van der Waals surface area contributed by atoms with Crippen molar-refractivity contribution in [3.63, 3.8) is 0 Å². The lowest BCUT2D eigenvalue weighted by Gasteiger charge is -2.08. The zero-order valence-corrected chi connectivity index (χ0v) is 14.1. The van der Waals surface area contributed by atoms with Gasteiger partial charge in [0.25, 0.3) is 0 Å². The summed E-state index contributed by atoms with van der Waals surface area (Å²) in [5.41, 5.74) is 3.43. The molecule has 7 nitrogen and oxygen atoms in total. The van der Waals surface area contributed by atoms with Gasteiger partial charge in [-0.1, -0.05) is 18.2 Å². The molecule has 0 saturated heterocycles. The van der Waals surface area contributed by atoms with Gasteiger partial charge in [0.1, 0.15) is 5.82 Å². The molecule has 2 heterocycles. The van der Waals surface area contributed by atoms with Crippen molar-refractivity contribution in [2.45, 2.75) is 0 Å². The maximum Gasteiger partial charge on any atom is 0.328 e. The molecular formula is C20H15N5O2. The number of rotatable bonds is 5. The molecule has 0 radical (unpaired) electrons. The fourth-order valence-corrected chi connectivity index (χ4v) is 2.68. The van der Waals surface area contributed by atoms with Gasteiger partial charge in [0.05, 0.1) is 11.7 Å². The van der Waals surface area contributed by atoms with E-state index in [2.05, 4.69) is 25.5 Å². The first kappa shape index (κ1) is 16.5. The Hall–Kier alpha value is -4.00. The second kappa shape index (κ2) is 7.09. The Morgan fingerprint density at radius 1 is 1.15 bits per heavy atom. The van der Waals surface area contributed by atoms with Crippen LogP contribution in [0.25, 0.3) is 28.4 Å². The van der Waals surface area contributed by atoms with Gasteiger partial charge in [-0.3, -0.25) is 5.10 Å². The minimum Gasteiger partial charge on any atom is -0.478 e. The summed E-state index contributed by atoms with van der Waals surface area (Å²) in [6, 6.07) is 15.1. The van der Waals surface area contributed by atoms with Crippen molar-refractivity contribution in [1.82, 2.24) is 20.2 Å². The van der Waals surface area contributed by atoms with Crippen LogP contribution < -0.4 is 5.32 Å². The molecule has 0 fully saturated rings. The Kier molecular flexibility index (Phi) is 4.32. The first-order valence-electron chi connectivity index (χ1n) is 8.22. The van der Waals surface area contributed by atoms with Crippen molar-refractivity contribution in [2.24, 2.45) is 0 Å². The van der Waals surface area contributed by atoms with E-state index in [1.54, 1.807) is 18.5 Å². The number of aromatic nitrogens is 4. The molecule has 0 atom stereocenters. The zero-order valence-electron chi connectivity index (χ0n) is 14.1. The quantitative estimate of drug-likeness (QED) is 0.469. The average Bonchev–Trinajstić information content (AvgIpc) is 3.15. The fourth-order valence-electron chi connectivity index (χ4n) is 2.68. The normalized spacial score (nSPS) is 11.1. The lowest BCUT2D eigenvalue weighted by Crippen LogP contribution is -1.97. The number of hydrogen-bond donors (Lipinski definition) is 3. The Labute approximate surface area is 154 Å². The van der Waals surface area contributed by atoms with Crippen LogP contribution in [-0.2, 0) is 4.79 Å². The predicted molar refractivity (Wildman–Crippen MR) is 104 cm³/mol. The molecule has 7 heteroatoms. The molecule has 27 heavy (non-hydrogen) atoms. The van der Waals surface area contributed by atoms with E-state index in [0.717, 1.165) is 33.8 Å². The van der Waals surface area contributed by atoms with Gasteiger partial charge in [-0.2, -0.15) is 5.10 Å². The van der Waals surface area contributed by atoms with Gasteiger partial charge in [0.2, 0.25) is 0 Å². The van der Waals surface area contributed by atoms with Gasteiger partial charge in [0, 0.05) is 28.9 Å². The lowest BCUT2D eigenvalue weighted by atomic mass is 10.1. The van der Waals surface area contributed by atoms with Crippen LogP contribution in [0.15, 0.2) is 67.0 Å². The molecule has 3 N–H and O–H groups in total. The number of nitrogens with one attached hydrogen (secondary N) is 2. The summed E-state index contributed by atoms with van der Waals surface area (Å²) in [5.74, 6) is 0.224. The van der Waals surface area contributed by atoms with Gasteiger partial charge in [-0.05, 0) is 42.0 Å². The number of aliphatic carboxylic acids is 1. The van der Waals surface area contributed by atoms with Crippen molar-refractivity contribution in [3.05, 3.63) is 72.6 Å². The Morgan fingerprint density at radius 3 is 2.96 bits per heavy atom. The van der Waals surface area contributed by atoms with E-state index in [9.17, 15) is 4.79 Å². The minimum absolute atomic E-state index is 0.551. The second-order valence-corrected chi connectivity index (χ2v) is 5.86. The van der Waals surface area contributed by atoms with E-state index in [1.165, 1.54) is 6.08 Å². The van der Waals surface area contributed by atoms with Crippen molar-refractivity contribution in [2.75, 3.05) is 5.32 Å². The lowest BCUT2D eigenvalue weighted by molar-refractivity contribution is -0.131. The van der Waals surface area contributed by atoms with Crippen LogP contribution in [0.1, 0.15) is 5.56 Å². The Bertz CT molecular complexity index is 1150. The predicted octanol–water partition coefficient (Wildman–Crippen LogP) is 3.86. The molecule has 0 spiro atoms. The molecule has 0 saturated carbocycles. The Balaban J connectivity index is 1.60. The number of anilines is 2. The number of H-pyrrole nitrogens is 1. The highest BCUT2D eigenvalue weighted by atomic mass is 16.4. The molecule has 0 bridgehead atoms. The number of benzene rings is 2. The molecule has 0 aliphatic carbocycles. The van der Waals surface area contributed by atoms with E-state index in [-0.39, 0.29) is 0 Å². The summed E-state index contributed by atoms with van der Waals surface area (Å²) in [4.78, 5) is 19.6. The smallest absolute Gasteiger partial charge is 0.328 e. The third-order valence-electron chi connectivity index (χ3n) is 3.93. The van der Waals surface area contributed by atoms with Gasteiger partial charge < -0.3 is 10.4 Å². The van der Waals surface area contributed by atoms with E-state index < -0.39 is 5.97 Å². The van der Waals surface area contributed by atoms with Crippen LogP contribution in [0, 0.1) is 0 Å². The largest absolute Gasteiger partial charge is 0.478 e. The number of hydrogen-bond acceptors (Lipinski definition) is 5. The van der Waals surface area contributed by atoms with Crippen LogP contribution >= 0.6 is 0 Å². The number of carbonyl (C=O) groups is 1. The summed E-state index contributed by atoms with van der Waals surface area (Å²) in [5, 5.41) is 20.0. The maximum atomic E-state index is 10.7. The van der Waals surface area contributed by atoms with Gasteiger partial charge in [-0.25, -0.2) is 14.8 Å². The minimum atomic E-state index is -0.988. The summed E-state index contributed by atoms with van der Waals surface area (Å²) in [7, 11) is 0. The standard InChI is InChI=1S/C20H15N5O2/c26-19(27)7-4-13-2-1-3-14(10-13)20-21-9-8-18(24-20)23-16-5-6-17-15(11-16)12-22-25-17/h1-12H,(H,22,25)(H,26,27)(H,21,23,24)/b7-4+. The van der Waals surface area contributed by atoms with Gasteiger partial charge >= 0.3 is 5.97 Å². The van der Waals surface area contributed by atoms with Crippen LogP contribution in [0.3, 0.4) is 0 Å². The third-order valence-corrected chi connectivity index (χ3v) is 3.93. The van der Waals surface area contributed by atoms with E-state index in [4.69, 9.17) is 5.11 Å². The molecule has 2 aromatic carbocycles. The number of fused-ring (bicyclic) bond motifs is 1. The summed E-state index contributed by atoms with van der Waals surface area (Å²) >= 11 is 0. The first-order chi connectivity index (χ1) is 13.2. The first-order valence-corrected chi connectivity index (χ1v) is 8.22. The molecular weight excluding hydrogens is 342 g/mol. The second-order valence-electron chi connectivity index (χ2n) is 5.86. The van der Waals surface area contributed by atoms with E-state index in [0.29, 0.717) is 11.6 Å². The van der Waals surface area contributed by atoms with Crippen molar-refractivity contribution in [1.29, 1.82) is 0 Å². The van der Waals surface area contributed by atoms with Gasteiger partial charge in [-0.15, -0.1) is 0 Å². The Morgan fingerprint density at radius 2 is 2.07 bits per heavy atom. The monoisotopic (exact) mass is 357 g/mol.